The number of rotatable bonds is 1. The molecule has 0 aromatic carbocycles. The summed E-state index contributed by atoms with van der Waals surface area (Å²) in [5.41, 5.74) is 1.78. The van der Waals surface area contributed by atoms with Gasteiger partial charge < -0.3 is 4.74 Å². The van der Waals surface area contributed by atoms with Crippen LogP contribution in [0.3, 0.4) is 0 Å². The minimum absolute atomic E-state index is 0.237. The van der Waals surface area contributed by atoms with E-state index in [2.05, 4.69) is 9.97 Å². The van der Waals surface area contributed by atoms with Gasteiger partial charge in [-0.15, -0.1) is 0 Å². The number of hydrogen-bond acceptors (Lipinski definition) is 4. The first-order valence-electron chi connectivity index (χ1n) is 3.48. The van der Waals surface area contributed by atoms with Crippen LogP contribution in [0.25, 0.3) is 0 Å². The third-order valence-electron chi connectivity index (χ3n) is 1.57. The second-order valence-electron chi connectivity index (χ2n) is 2.36. The average Bonchev–Trinajstić information content (AvgIpc) is 2.09. The van der Waals surface area contributed by atoms with E-state index in [0.717, 1.165) is 11.4 Å². The molecular weight excluding hydrogens is 154 g/mol. The van der Waals surface area contributed by atoms with Crippen molar-refractivity contribution in [2.24, 2.45) is 0 Å². The average molecular weight is 163 g/mol. The van der Waals surface area contributed by atoms with Crippen molar-refractivity contribution in [3.05, 3.63) is 17.1 Å². The van der Waals surface area contributed by atoms with E-state index in [1.807, 2.05) is 19.9 Å². The van der Waals surface area contributed by atoms with E-state index in [1.54, 1.807) is 0 Å². The molecule has 0 saturated carbocycles. The Morgan fingerprint density at radius 2 is 1.83 bits per heavy atom. The van der Waals surface area contributed by atoms with Crippen LogP contribution in [-0.2, 0) is 0 Å². The highest BCUT2D eigenvalue weighted by atomic mass is 16.5. The molecule has 4 heteroatoms. The number of hydrogen-bond donors (Lipinski definition) is 0. The number of nitriles is 1. The molecule has 12 heavy (non-hydrogen) atoms. The summed E-state index contributed by atoms with van der Waals surface area (Å²) in [6, 6.07) is 1.92. The molecule has 0 aliphatic carbocycles. The lowest BCUT2D eigenvalue weighted by atomic mass is 10.3. The van der Waals surface area contributed by atoms with Crippen LogP contribution >= 0.6 is 0 Å². The molecule has 1 aromatic rings. The van der Waals surface area contributed by atoms with Crippen molar-refractivity contribution in [2.45, 2.75) is 13.8 Å². The second kappa shape index (κ2) is 3.18. The molecule has 1 heterocycles. The number of aryl methyl sites for hydroxylation is 2. The van der Waals surface area contributed by atoms with Crippen LogP contribution in [-0.4, -0.2) is 17.1 Å². The number of aromatic nitrogens is 2. The van der Waals surface area contributed by atoms with Crippen molar-refractivity contribution in [2.75, 3.05) is 7.11 Å². The van der Waals surface area contributed by atoms with Crippen LogP contribution in [0.1, 0.15) is 17.1 Å². The van der Waals surface area contributed by atoms with Crippen molar-refractivity contribution < 1.29 is 4.74 Å². The molecule has 0 amide bonds. The Kier molecular flexibility index (Phi) is 2.24. The zero-order chi connectivity index (χ0) is 9.14. The minimum atomic E-state index is 0.237. The highest BCUT2D eigenvalue weighted by Crippen LogP contribution is 2.13. The van der Waals surface area contributed by atoms with Gasteiger partial charge in [0.25, 0.3) is 5.88 Å². The molecular formula is C8H9N3O. The van der Waals surface area contributed by atoms with Crippen molar-refractivity contribution in [3.8, 4) is 11.9 Å². The zero-order valence-corrected chi connectivity index (χ0v) is 7.25. The lowest BCUT2D eigenvalue weighted by Crippen LogP contribution is -2.00. The summed E-state index contributed by atoms with van der Waals surface area (Å²) in [4.78, 5) is 8.07. The van der Waals surface area contributed by atoms with E-state index in [-0.39, 0.29) is 5.69 Å². The second-order valence-corrected chi connectivity index (χ2v) is 2.36. The Hall–Kier alpha value is -1.63. The van der Waals surface area contributed by atoms with E-state index in [9.17, 15) is 0 Å². The Labute approximate surface area is 70.8 Å². The molecule has 0 fully saturated rings. The van der Waals surface area contributed by atoms with Crippen LogP contribution in [0.4, 0.5) is 0 Å². The lowest BCUT2D eigenvalue weighted by molar-refractivity contribution is 0.392. The molecule has 1 rings (SSSR count). The molecule has 0 atom stereocenters. The van der Waals surface area contributed by atoms with Crippen molar-refractivity contribution in [3.63, 3.8) is 0 Å². The molecule has 62 valence electrons. The predicted octanol–water partition coefficient (Wildman–Crippen LogP) is 0.974. The van der Waals surface area contributed by atoms with Crippen LogP contribution in [0.2, 0.25) is 0 Å². The minimum Gasteiger partial charge on any atom is -0.479 e. The first-order valence-corrected chi connectivity index (χ1v) is 3.48. The molecule has 0 aliphatic heterocycles. The largest absolute Gasteiger partial charge is 0.479 e. The summed E-state index contributed by atoms with van der Waals surface area (Å²) < 4.78 is 4.88. The van der Waals surface area contributed by atoms with Gasteiger partial charge in [0.2, 0.25) is 5.69 Å². The fourth-order valence-electron chi connectivity index (χ4n) is 0.798. The van der Waals surface area contributed by atoms with Gasteiger partial charge in [0, 0.05) is 0 Å². The lowest BCUT2D eigenvalue weighted by Gasteiger charge is -2.03. The zero-order valence-electron chi connectivity index (χ0n) is 7.25. The first-order chi connectivity index (χ1) is 5.69. The van der Waals surface area contributed by atoms with Gasteiger partial charge in [-0.25, -0.2) is 9.97 Å². The number of ether oxygens (including phenoxy) is 1. The maximum absolute atomic E-state index is 8.63. The molecule has 0 aliphatic rings. The Morgan fingerprint density at radius 1 is 1.25 bits per heavy atom. The van der Waals surface area contributed by atoms with Crippen LogP contribution in [0.5, 0.6) is 5.88 Å². The van der Waals surface area contributed by atoms with Gasteiger partial charge in [0.05, 0.1) is 18.5 Å². The van der Waals surface area contributed by atoms with Gasteiger partial charge in [-0.05, 0) is 13.8 Å². The molecule has 0 saturated heterocycles. The fraction of sp³-hybridized carbons (Fsp3) is 0.375. The van der Waals surface area contributed by atoms with Crippen molar-refractivity contribution in [1.29, 1.82) is 5.26 Å². The molecule has 0 bridgehead atoms. The summed E-state index contributed by atoms with van der Waals surface area (Å²) in [5, 5.41) is 8.63. The summed E-state index contributed by atoms with van der Waals surface area (Å²) in [5.74, 6) is 0.292. The van der Waals surface area contributed by atoms with E-state index in [0.29, 0.717) is 5.88 Å². The smallest absolute Gasteiger partial charge is 0.251 e. The quantitative estimate of drug-likeness (QED) is 0.619. The Balaban J connectivity index is 3.31. The van der Waals surface area contributed by atoms with Crippen LogP contribution in [0.15, 0.2) is 0 Å². The van der Waals surface area contributed by atoms with Crippen molar-refractivity contribution in [1.82, 2.24) is 9.97 Å². The van der Waals surface area contributed by atoms with E-state index < -0.39 is 0 Å². The van der Waals surface area contributed by atoms with Gasteiger partial charge in [-0.3, -0.25) is 0 Å². The number of methoxy groups -OCH3 is 1. The van der Waals surface area contributed by atoms with E-state index >= 15 is 0 Å². The summed E-state index contributed by atoms with van der Waals surface area (Å²) in [6.07, 6.45) is 0. The molecule has 0 unspecified atom stereocenters. The Morgan fingerprint density at radius 3 is 2.33 bits per heavy atom. The van der Waals surface area contributed by atoms with Crippen LogP contribution < -0.4 is 4.74 Å². The topological polar surface area (TPSA) is 58.8 Å². The standard InChI is InChI=1S/C8H9N3O/c1-5-6(2)11-8(12-3)7(4-9)10-5/h1-3H3. The summed E-state index contributed by atoms with van der Waals surface area (Å²) in [6.45, 7) is 3.63. The van der Waals surface area contributed by atoms with Gasteiger partial charge in [-0.1, -0.05) is 0 Å². The molecule has 1 aromatic heterocycles. The van der Waals surface area contributed by atoms with Gasteiger partial charge in [0.1, 0.15) is 6.07 Å². The van der Waals surface area contributed by atoms with E-state index in [1.165, 1.54) is 7.11 Å². The Bertz CT molecular complexity index is 341. The first kappa shape index (κ1) is 8.47. The van der Waals surface area contributed by atoms with E-state index in [4.69, 9.17) is 10.00 Å². The predicted molar refractivity (Wildman–Crippen MR) is 42.8 cm³/mol. The van der Waals surface area contributed by atoms with Gasteiger partial charge in [0.15, 0.2) is 0 Å². The van der Waals surface area contributed by atoms with Gasteiger partial charge >= 0.3 is 0 Å². The maximum atomic E-state index is 8.63. The highest BCUT2D eigenvalue weighted by Gasteiger charge is 2.07. The normalized spacial score (nSPS) is 9.17. The monoisotopic (exact) mass is 163 g/mol. The molecule has 4 nitrogen and oxygen atoms in total. The van der Waals surface area contributed by atoms with Crippen LogP contribution in [0, 0.1) is 25.2 Å². The highest BCUT2D eigenvalue weighted by molar-refractivity contribution is 5.33. The molecule has 0 radical (unpaired) electrons. The fourth-order valence-corrected chi connectivity index (χ4v) is 0.798. The third kappa shape index (κ3) is 1.35. The number of nitrogens with zero attached hydrogens (tertiary/aromatic N) is 3. The summed E-state index contributed by atoms with van der Waals surface area (Å²) >= 11 is 0. The maximum Gasteiger partial charge on any atom is 0.251 e. The molecule has 0 spiro atoms. The summed E-state index contributed by atoms with van der Waals surface area (Å²) in [7, 11) is 1.47. The van der Waals surface area contributed by atoms with Crippen molar-refractivity contribution >= 4 is 0 Å². The van der Waals surface area contributed by atoms with Gasteiger partial charge in [-0.2, -0.15) is 5.26 Å². The SMILES string of the molecule is COc1nc(C)c(C)nc1C#N. The third-order valence-corrected chi connectivity index (χ3v) is 1.57. The molecule has 0 N–H and O–H groups in total.